The molecule has 0 radical (unpaired) electrons. The highest BCUT2D eigenvalue weighted by molar-refractivity contribution is 7.89. The van der Waals surface area contributed by atoms with Crippen LogP contribution in [0.25, 0.3) is 0 Å². The molecule has 0 amide bonds. The monoisotopic (exact) mass is 380 g/mol. The van der Waals surface area contributed by atoms with Gasteiger partial charge in [0.25, 0.3) is 0 Å². The Labute approximate surface area is 146 Å². The number of sulfonamides is 1. The van der Waals surface area contributed by atoms with Crippen molar-refractivity contribution in [2.24, 2.45) is 5.92 Å². The molecule has 9 heteroatoms. The molecule has 1 unspecified atom stereocenters. The van der Waals surface area contributed by atoms with Crippen LogP contribution in [-0.4, -0.2) is 64.6 Å². The fourth-order valence-corrected chi connectivity index (χ4v) is 4.25. The third kappa shape index (κ3) is 5.16. The maximum atomic E-state index is 12.8. The summed E-state index contributed by atoms with van der Waals surface area (Å²) in [6.45, 7) is 3.31. The summed E-state index contributed by atoms with van der Waals surface area (Å²) in [6, 6.07) is 3.86. The van der Waals surface area contributed by atoms with Crippen LogP contribution in [0.5, 0.6) is 0 Å². The minimum Gasteiger partial charge on any atom is -0.383 e. The lowest BCUT2D eigenvalue weighted by Gasteiger charge is -2.22. The SMILES string of the molecule is COCCN1CCC(CN(C)S(=O)(=O)c2cccc(C(F)(F)F)c2)C1. The number of methoxy groups -OCH3 is 1. The molecule has 1 aliphatic rings. The molecule has 0 aromatic heterocycles. The minimum atomic E-state index is -4.57. The number of likely N-dealkylation sites (tertiary alicyclic amines) is 1. The quantitative estimate of drug-likeness (QED) is 0.728. The summed E-state index contributed by atoms with van der Waals surface area (Å²) < 4.78 is 69.7. The van der Waals surface area contributed by atoms with Gasteiger partial charge < -0.3 is 9.64 Å². The lowest BCUT2D eigenvalue weighted by atomic mass is 10.1. The zero-order valence-electron chi connectivity index (χ0n) is 14.3. The van der Waals surface area contributed by atoms with Crippen LogP contribution in [0.3, 0.4) is 0 Å². The Morgan fingerprint density at radius 1 is 1.36 bits per heavy atom. The van der Waals surface area contributed by atoms with Crippen molar-refractivity contribution in [1.82, 2.24) is 9.21 Å². The van der Waals surface area contributed by atoms with Gasteiger partial charge in [-0.15, -0.1) is 0 Å². The number of nitrogens with zero attached hydrogens (tertiary/aromatic N) is 2. The Hall–Kier alpha value is -1.16. The first-order valence-corrected chi connectivity index (χ1v) is 9.43. The van der Waals surface area contributed by atoms with Crippen molar-refractivity contribution in [2.75, 3.05) is 46.9 Å². The molecule has 25 heavy (non-hydrogen) atoms. The number of ether oxygens (including phenoxy) is 1. The summed E-state index contributed by atoms with van der Waals surface area (Å²) in [5, 5.41) is 0. The average molecular weight is 380 g/mol. The molecule has 0 spiro atoms. The van der Waals surface area contributed by atoms with E-state index in [2.05, 4.69) is 4.90 Å². The first-order valence-electron chi connectivity index (χ1n) is 7.99. The first-order chi connectivity index (χ1) is 11.6. The number of hydrogen-bond acceptors (Lipinski definition) is 4. The van der Waals surface area contributed by atoms with Gasteiger partial charge in [-0.05, 0) is 37.1 Å². The fraction of sp³-hybridized carbons (Fsp3) is 0.625. The molecule has 0 N–H and O–H groups in total. The third-order valence-corrected chi connectivity index (χ3v) is 6.19. The van der Waals surface area contributed by atoms with E-state index in [4.69, 9.17) is 4.74 Å². The molecule has 0 saturated carbocycles. The Morgan fingerprint density at radius 2 is 2.08 bits per heavy atom. The Morgan fingerprint density at radius 3 is 2.72 bits per heavy atom. The van der Waals surface area contributed by atoms with Gasteiger partial charge in [0.2, 0.25) is 10.0 Å². The average Bonchev–Trinajstić information content (AvgIpc) is 2.99. The number of alkyl halides is 3. The van der Waals surface area contributed by atoms with Crippen LogP contribution < -0.4 is 0 Å². The molecule has 5 nitrogen and oxygen atoms in total. The fourth-order valence-electron chi connectivity index (χ4n) is 2.96. The minimum absolute atomic E-state index is 0.155. The van der Waals surface area contributed by atoms with Crippen LogP contribution >= 0.6 is 0 Å². The second-order valence-electron chi connectivity index (χ2n) is 6.26. The molecule has 1 fully saturated rings. The van der Waals surface area contributed by atoms with E-state index in [-0.39, 0.29) is 17.4 Å². The van der Waals surface area contributed by atoms with E-state index < -0.39 is 21.8 Å². The smallest absolute Gasteiger partial charge is 0.383 e. The largest absolute Gasteiger partial charge is 0.416 e. The standard InChI is InChI=1S/C16H23F3N2O3S/c1-20(11-13-6-7-21(12-13)8-9-24-2)25(22,23)15-5-3-4-14(10-15)16(17,18)19/h3-5,10,13H,6-9,11-12H2,1-2H3. The van der Waals surface area contributed by atoms with Crippen molar-refractivity contribution in [3.05, 3.63) is 29.8 Å². The Balaban J connectivity index is 2.05. The number of halogens is 3. The molecular formula is C16H23F3N2O3S. The van der Waals surface area contributed by atoms with Gasteiger partial charge in [0.1, 0.15) is 0 Å². The van der Waals surface area contributed by atoms with Crippen LogP contribution in [0.15, 0.2) is 29.2 Å². The van der Waals surface area contributed by atoms with Gasteiger partial charge in [0.15, 0.2) is 0 Å². The highest BCUT2D eigenvalue weighted by Crippen LogP contribution is 2.31. The van der Waals surface area contributed by atoms with E-state index in [0.717, 1.165) is 42.5 Å². The number of rotatable bonds is 7. The Kier molecular flexibility index (Phi) is 6.47. The third-order valence-electron chi connectivity index (χ3n) is 4.37. The number of benzene rings is 1. The van der Waals surface area contributed by atoms with Gasteiger partial charge in [0.05, 0.1) is 17.1 Å². The van der Waals surface area contributed by atoms with Gasteiger partial charge in [0, 0.05) is 33.8 Å². The molecule has 1 saturated heterocycles. The normalized spacial score (nSPS) is 19.7. The topological polar surface area (TPSA) is 49.9 Å². The van der Waals surface area contributed by atoms with Gasteiger partial charge >= 0.3 is 6.18 Å². The summed E-state index contributed by atoms with van der Waals surface area (Å²) in [5.74, 6) is 0.155. The summed E-state index contributed by atoms with van der Waals surface area (Å²) in [6.07, 6.45) is -3.72. The van der Waals surface area contributed by atoms with Crippen LogP contribution in [0, 0.1) is 5.92 Å². The van der Waals surface area contributed by atoms with E-state index in [0.29, 0.717) is 12.7 Å². The highest BCUT2D eigenvalue weighted by atomic mass is 32.2. The molecule has 0 aliphatic carbocycles. The van der Waals surface area contributed by atoms with Crippen LogP contribution in [0.1, 0.15) is 12.0 Å². The predicted molar refractivity (Wildman–Crippen MR) is 87.7 cm³/mol. The molecule has 1 heterocycles. The zero-order valence-corrected chi connectivity index (χ0v) is 15.1. The maximum Gasteiger partial charge on any atom is 0.416 e. The van der Waals surface area contributed by atoms with Crippen LogP contribution in [0.2, 0.25) is 0 Å². The van der Waals surface area contributed by atoms with Crippen molar-refractivity contribution < 1.29 is 26.3 Å². The lowest BCUT2D eigenvalue weighted by Crippen LogP contribution is -2.33. The highest BCUT2D eigenvalue weighted by Gasteiger charge is 2.33. The van der Waals surface area contributed by atoms with Gasteiger partial charge in [-0.1, -0.05) is 6.07 Å². The summed E-state index contributed by atoms with van der Waals surface area (Å²) in [5.41, 5.74) is -0.964. The molecule has 1 atom stereocenters. The van der Waals surface area contributed by atoms with E-state index in [9.17, 15) is 21.6 Å². The zero-order chi connectivity index (χ0) is 18.7. The second-order valence-corrected chi connectivity index (χ2v) is 8.30. The van der Waals surface area contributed by atoms with Crippen molar-refractivity contribution >= 4 is 10.0 Å². The number of hydrogen-bond donors (Lipinski definition) is 0. The predicted octanol–water partition coefficient (Wildman–Crippen LogP) is 2.29. The molecule has 142 valence electrons. The van der Waals surface area contributed by atoms with E-state index in [1.54, 1.807) is 7.11 Å². The van der Waals surface area contributed by atoms with E-state index in [1.807, 2.05) is 0 Å². The van der Waals surface area contributed by atoms with E-state index >= 15 is 0 Å². The first kappa shape index (κ1) is 20.2. The second kappa shape index (κ2) is 8.03. The van der Waals surface area contributed by atoms with Gasteiger partial charge in [-0.25, -0.2) is 12.7 Å². The van der Waals surface area contributed by atoms with Crippen molar-refractivity contribution in [3.8, 4) is 0 Å². The molecule has 2 rings (SSSR count). The molecule has 1 aromatic carbocycles. The van der Waals surface area contributed by atoms with Gasteiger partial charge in [-0.2, -0.15) is 13.2 Å². The van der Waals surface area contributed by atoms with Crippen molar-refractivity contribution in [2.45, 2.75) is 17.5 Å². The van der Waals surface area contributed by atoms with Crippen molar-refractivity contribution in [1.29, 1.82) is 0 Å². The molecule has 1 aromatic rings. The van der Waals surface area contributed by atoms with Gasteiger partial charge in [-0.3, -0.25) is 0 Å². The molecule has 0 bridgehead atoms. The van der Waals surface area contributed by atoms with E-state index in [1.165, 1.54) is 13.1 Å². The Bertz CT molecular complexity index is 679. The van der Waals surface area contributed by atoms with Crippen molar-refractivity contribution in [3.63, 3.8) is 0 Å². The summed E-state index contributed by atoms with van der Waals surface area (Å²) in [4.78, 5) is 1.86. The van der Waals surface area contributed by atoms with Crippen LogP contribution in [0.4, 0.5) is 13.2 Å². The molecule has 1 aliphatic heterocycles. The molecular weight excluding hydrogens is 357 g/mol. The lowest BCUT2D eigenvalue weighted by molar-refractivity contribution is -0.137. The summed E-state index contributed by atoms with van der Waals surface area (Å²) in [7, 11) is -0.915. The van der Waals surface area contributed by atoms with Crippen LogP contribution in [-0.2, 0) is 20.9 Å². The maximum absolute atomic E-state index is 12.8. The summed E-state index contributed by atoms with van der Waals surface area (Å²) >= 11 is 0.